The van der Waals surface area contributed by atoms with Crippen LogP contribution in [-0.2, 0) is 19.7 Å². The molecular formula is C29H39N3O6. The third kappa shape index (κ3) is 3.43. The third-order valence-corrected chi connectivity index (χ3v) is 9.88. The van der Waals surface area contributed by atoms with Crippen molar-refractivity contribution < 1.29 is 28.9 Å². The Morgan fingerprint density at radius 3 is 2.71 bits per heavy atom. The average Bonchev–Trinajstić information content (AvgIpc) is 3.62. The van der Waals surface area contributed by atoms with Gasteiger partial charge in [0.2, 0.25) is 0 Å². The van der Waals surface area contributed by atoms with Crippen molar-refractivity contribution in [3.8, 4) is 5.75 Å². The summed E-state index contributed by atoms with van der Waals surface area (Å²) < 4.78 is 17.1. The van der Waals surface area contributed by atoms with E-state index in [4.69, 9.17) is 14.2 Å². The molecule has 38 heavy (non-hydrogen) atoms. The number of benzene rings is 1. The Hall–Kier alpha value is -2.78. The minimum atomic E-state index is -1.60. The number of fused-ring (bicyclic) bond motifs is 1. The normalized spacial score (nSPS) is 36.8. The van der Waals surface area contributed by atoms with Crippen LogP contribution in [-0.4, -0.2) is 86.3 Å². The molecule has 1 aromatic rings. The van der Waals surface area contributed by atoms with Gasteiger partial charge in [-0.15, -0.1) is 0 Å². The van der Waals surface area contributed by atoms with Gasteiger partial charge in [-0.1, -0.05) is 25.1 Å². The number of ether oxygens (including phenoxy) is 3. The predicted octanol–water partition coefficient (Wildman–Crippen LogP) is 2.60. The maximum Gasteiger partial charge on any atom is 0.407 e. The van der Waals surface area contributed by atoms with Crippen molar-refractivity contribution >= 4 is 17.7 Å². The van der Waals surface area contributed by atoms with Crippen molar-refractivity contribution in [2.75, 3.05) is 45.3 Å². The molecule has 0 aromatic heterocycles. The van der Waals surface area contributed by atoms with Crippen molar-refractivity contribution in [2.24, 2.45) is 11.3 Å². The van der Waals surface area contributed by atoms with Crippen LogP contribution in [0.1, 0.15) is 45.1 Å². The molecule has 0 radical (unpaired) electrons. The highest BCUT2D eigenvalue weighted by Crippen LogP contribution is 2.67. The van der Waals surface area contributed by atoms with Crippen molar-refractivity contribution in [3.05, 3.63) is 35.9 Å². The van der Waals surface area contributed by atoms with Gasteiger partial charge in [0.1, 0.15) is 17.5 Å². The molecule has 1 spiro atoms. The molecule has 1 saturated heterocycles. The van der Waals surface area contributed by atoms with Crippen LogP contribution in [0, 0.1) is 11.3 Å². The van der Waals surface area contributed by atoms with E-state index in [-0.39, 0.29) is 12.6 Å². The highest BCUT2D eigenvalue weighted by Gasteiger charge is 2.77. The Morgan fingerprint density at radius 1 is 1.24 bits per heavy atom. The monoisotopic (exact) mass is 525 g/mol. The van der Waals surface area contributed by atoms with Crippen LogP contribution in [0.3, 0.4) is 0 Å². The van der Waals surface area contributed by atoms with Gasteiger partial charge in [-0.2, -0.15) is 0 Å². The van der Waals surface area contributed by atoms with E-state index in [1.807, 2.05) is 19.2 Å². The lowest BCUT2D eigenvalue weighted by Gasteiger charge is -2.64. The molecule has 3 heterocycles. The Labute approximate surface area is 224 Å². The van der Waals surface area contributed by atoms with Gasteiger partial charge in [-0.25, -0.2) is 4.79 Å². The van der Waals surface area contributed by atoms with E-state index in [1.54, 1.807) is 7.11 Å². The quantitative estimate of drug-likeness (QED) is 0.414. The molecule has 3 aliphatic heterocycles. The van der Waals surface area contributed by atoms with Crippen molar-refractivity contribution in [3.63, 3.8) is 0 Å². The van der Waals surface area contributed by atoms with Crippen LogP contribution in [0.4, 0.5) is 10.5 Å². The molecule has 0 bridgehead atoms. The summed E-state index contributed by atoms with van der Waals surface area (Å²) in [5, 5.41) is 15.8. The second-order valence-electron chi connectivity index (χ2n) is 11.8. The van der Waals surface area contributed by atoms with E-state index in [9.17, 15) is 14.7 Å². The molecule has 6 rings (SSSR count). The molecule has 1 aromatic carbocycles. The number of hydrogen-bond donors (Lipinski definition) is 2. The van der Waals surface area contributed by atoms with Gasteiger partial charge < -0.3 is 29.5 Å². The Morgan fingerprint density at radius 2 is 2.03 bits per heavy atom. The third-order valence-electron chi connectivity index (χ3n) is 9.88. The number of anilines is 1. The van der Waals surface area contributed by atoms with Crippen LogP contribution >= 0.6 is 0 Å². The largest absolute Gasteiger partial charge is 0.497 e. The van der Waals surface area contributed by atoms with Crippen LogP contribution in [0.25, 0.3) is 0 Å². The molecular weight excluding hydrogens is 486 g/mol. The number of esters is 1. The van der Waals surface area contributed by atoms with Crippen LogP contribution in [0.5, 0.6) is 5.75 Å². The highest BCUT2D eigenvalue weighted by atomic mass is 16.6. The lowest BCUT2D eigenvalue weighted by Crippen LogP contribution is -2.81. The van der Waals surface area contributed by atoms with Crippen molar-refractivity contribution in [1.82, 2.24) is 10.2 Å². The van der Waals surface area contributed by atoms with E-state index >= 15 is 0 Å². The average molecular weight is 526 g/mol. The first-order chi connectivity index (χ1) is 18.2. The predicted molar refractivity (Wildman–Crippen MR) is 141 cm³/mol. The molecule has 6 atom stereocenters. The SMILES string of the molecule is CC[C@]12C=CCN3CC[C@@]4(c5ccc(OC)cc5N(C)[C@H]4[C@@](O)(CNC(=O)OCC4CC4)[C@@H]1OC(C)=O)[C@@H]32. The summed E-state index contributed by atoms with van der Waals surface area (Å²) in [5.74, 6) is 0.725. The molecule has 5 aliphatic rings. The van der Waals surface area contributed by atoms with Gasteiger partial charge in [-0.3, -0.25) is 9.69 Å². The molecule has 9 nitrogen and oxygen atoms in total. The number of methoxy groups -OCH3 is 1. The van der Waals surface area contributed by atoms with Gasteiger partial charge in [0.25, 0.3) is 0 Å². The summed E-state index contributed by atoms with van der Waals surface area (Å²) in [4.78, 5) is 29.9. The van der Waals surface area contributed by atoms with E-state index in [1.165, 1.54) is 12.5 Å². The Balaban J connectivity index is 1.50. The van der Waals surface area contributed by atoms with Crippen molar-refractivity contribution in [2.45, 2.75) is 68.7 Å². The summed E-state index contributed by atoms with van der Waals surface area (Å²) in [6.07, 6.45) is 6.54. The zero-order chi connectivity index (χ0) is 26.9. The van der Waals surface area contributed by atoms with Crippen LogP contribution < -0.4 is 15.0 Å². The molecule has 9 heteroatoms. The molecule has 206 valence electrons. The minimum Gasteiger partial charge on any atom is -0.497 e. The first-order valence-corrected chi connectivity index (χ1v) is 13.8. The summed E-state index contributed by atoms with van der Waals surface area (Å²) in [5.41, 5.74) is -0.526. The summed E-state index contributed by atoms with van der Waals surface area (Å²) in [6, 6.07) is 5.71. The minimum absolute atomic E-state index is 0.0125. The number of nitrogens with zero attached hydrogens (tertiary/aromatic N) is 2. The van der Waals surface area contributed by atoms with Gasteiger partial charge in [-0.05, 0) is 49.8 Å². The number of aliphatic hydroxyl groups is 1. The van der Waals surface area contributed by atoms with Crippen molar-refractivity contribution in [1.29, 1.82) is 0 Å². The van der Waals surface area contributed by atoms with E-state index in [0.29, 0.717) is 18.9 Å². The number of rotatable bonds is 7. The summed E-state index contributed by atoms with van der Waals surface area (Å²) in [6.45, 7) is 5.45. The lowest BCUT2D eigenvalue weighted by molar-refractivity contribution is -0.217. The maximum atomic E-state index is 12.9. The molecule has 2 aliphatic carbocycles. The number of nitrogens with one attached hydrogen (secondary N) is 1. The van der Waals surface area contributed by atoms with Gasteiger partial charge >= 0.3 is 12.1 Å². The summed E-state index contributed by atoms with van der Waals surface area (Å²) >= 11 is 0. The fourth-order valence-corrected chi connectivity index (χ4v) is 8.39. The van der Waals surface area contributed by atoms with Crippen LogP contribution in [0.15, 0.2) is 30.4 Å². The second kappa shape index (κ2) is 8.88. The Kier molecular flexibility index (Phi) is 5.96. The lowest BCUT2D eigenvalue weighted by atomic mass is 9.47. The standard InChI is InChI=1S/C29H39N3O6/c1-5-27-11-6-13-32-14-12-28(23(27)32)21-10-9-20(36-4)15-22(21)31(3)24(28)29(35,25(27)38-18(2)33)17-30-26(34)37-16-19-7-8-19/h6,9-11,15,19,23-25,35H,5,7-8,12-14,16-17H2,1-4H3,(H,30,34)/t23-,24+,25+,27+,28+,29-/m0/s1. The van der Waals surface area contributed by atoms with Gasteiger partial charge in [0.15, 0.2) is 0 Å². The number of carbonyl (C=O) groups excluding carboxylic acids is 2. The number of likely N-dealkylation sites (N-methyl/N-ethyl adjacent to an activating group) is 1. The molecule has 2 N–H and O–H groups in total. The van der Waals surface area contributed by atoms with E-state index < -0.39 is 40.6 Å². The zero-order valence-corrected chi connectivity index (χ0v) is 22.7. The smallest absolute Gasteiger partial charge is 0.407 e. The first kappa shape index (κ1) is 25.5. The number of hydrogen-bond acceptors (Lipinski definition) is 8. The highest BCUT2D eigenvalue weighted by molar-refractivity contribution is 5.72. The Bertz CT molecular complexity index is 1170. The summed E-state index contributed by atoms with van der Waals surface area (Å²) in [7, 11) is 3.64. The number of alkyl carbamates (subject to hydrolysis) is 1. The zero-order valence-electron chi connectivity index (χ0n) is 22.7. The van der Waals surface area contributed by atoms with Crippen LogP contribution in [0.2, 0.25) is 0 Å². The topological polar surface area (TPSA) is 101 Å². The number of carbonyl (C=O) groups is 2. The fourth-order valence-electron chi connectivity index (χ4n) is 8.39. The maximum absolute atomic E-state index is 12.9. The van der Waals surface area contributed by atoms with Gasteiger partial charge in [0, 0.05) is 49.1 Å². The molecule has 3 fully saturated rings. The molecule has 1 amide bonds. The van der Waals surface area contributed by atoms with Gasteiger partial charge in [0.05, 0.1) is 26.3 Å². The van der Waals surface area contributed by atoms with E-state index in [0.717, 1.165) is 43.8 Å². The number of amides is 1. The van der Waals surface area contributed by atoms with E-state index in [2.05, 4.69) is 40.3 Å². The molecule has 0 unspecified atom stereocenters. The molecule has 2 saturated carbocycles. The second-order valence-corrected chi connectivity index (χ2v) is 11.8. The fraction of sp³-hybridized carbons (Fsp3) is 0.655. The first-order valence-electron chi connectivity index (χ1n) is 13.8.